The highest BCUT2D eigenvalue weighted by Crippen LogP contribution is 2.13. The average molecular weight is 321 g/mol. The molecule has 0 saturated heterocycles. The van der Waals surface area contributed by atoms with E-state index in [0.29, 0.717) is 31.1 Å². The predicted octanol–water partition coefficient (Wildman–Crippen LogP) is 3.49. The highest BCUT2D eigenvalue weighted by molar-refractivity contribution is 5.94. The minimum atomic E-state index is -0.773. The SMILES string of the molecule is CC(C)CCOc1ccc(C(=O)NCCCCCC(=O)O)cc1. The molecule has 5 nitrogen and oxygen atoms in total. The van der Waals surface area contributed by atoms with Crippen molar-refractivity contribution in [2.24, 2.45) is 5.92 Å². The summed E-state index contributed by atoms with van der Waals surface area (Å²) in [6.45, 7) is 5.54. The zero-order valence-electron chi connectivity index (χ0n) is 14.0. The molecule has 5 heteroatoms. The van der Waals surface area contributed by atoms with Crippen LogP contribution in [0.1, 0.15) is 56.3 Å². The van der Waals surface area contributed by atoms with Crippen molar-refractivity contribution in [3.8, 4) is 5.75 Å². The zero-order chi connectivity index (χ0) is 17.1. The van der Waals surface area contributed by atoms with Gasteiger partial charge in [-0.15, -0.1) is 0 Å². The van der Waals surface area contributed by atoms with E-state index in [4.69, 9.17) is 9.84 Å². The number of unbranched alkanes of at least 4 members (excludes halogenated alkanes) is 2. The number of nitrogens with one attached hydrogen (secondary N) is 1. The second-order valence-corrected chi connectivity index (χ2v) is 6.02. The molecule has 2 N–H and O–H groups in total. The van der Waals surface area contributed by atoms with Crippen molar-refractivity contribution < 1.29 is 19.4 Å². The van der Waals surface area contributed by atoms with Gasteiger partial charge in [0.15, 0.2) is 0 Å². The number of carboxylic acid groups (broad SMARTS) is 1. The average Bonchev–Trinajstić information content (AvgIpc) is 2.50. The minimum Gasteiger partial charge on any atom is -0.494 e. The van der Waals surface area contributed by atoms with Crippen LogP contribution >= 0.6 is 0 Å². The number of ether oxygens (including phenoxy) is 1. The van der Waals surface area contributed by atoms with Crippen LogP contribution < -0.4 is 10.1 Å². The number of aliphatic carboxylic acids is 1. The highest BCUT2D eigenvalue weighted by Gasteiger charge is 2.05. The molecule has 128 valence electrons. The summed E-state index contributed by atoms with van der Waals surface area (Å²) in [6.07, 6.45) is 3.43. The summed E-state index contributed by atoms with van der Waals surface area (Å²) in [7, 11) is 0. The molecule has 0 atom stereocenters. The van der Waals surface area contributed by atoms with Crippen molar-refractivity contribution in [3.05, 3.63) is 29.8 Å². The highest BCUT2D eigenvalue weighted by atomic mass is 16.5. The molecular formula is C18H27NO4. The second kappa shape index (κ2) is 10.6. The largest absolute Gasteiger partial charge is 0.494 e. The molecule has 0 fully saturated rings. The molecule has 0 aliphatic heterocycles. The summed E-state index contributed by atoms with van der Waals surface area (Å²) in [5.41, 5.74) is 0.603. The quantitative estimate of drug-likeness (QED) is 0.612. The van der Waals surface area contributed by atoms with Gasteiger partial charge in [-0.05, 0) is 49.4 Å². The molecule has 1 aromatic carbocycles. The molecule has 0 aliphatic carbocycles. The van der Waals surface area contributed by atoms with Gasteiger partial charge in [0.25, 0.3) is 5.91 Å². The Morgan fingerprint density at radius 3 is 2.43 bits per heavy atom. The maximum atomic E-state index is 12.0. The molecule has 23 heavy (non-hydrogen) atoms. The van der Waals surface area contributed by atoms with E-state index in [9.17, 15) is 9.59 Å². The Morgan fingerprint density at radius 2 is 1.83 bits per heavy atom. The van der Waals surface area contributed by atoms with Crippen molar-refractivity contribution in [2.45, 2.75) is 46.0 Å². The maximum Gasteiger partial charge on any atom is 0.303 e. The summed E-state index contributed by atoms with van der Waals surface area (Å²) in [4.78, 5) is 22.3. The van der Waals surface area contributed by atoms with E-state index in [0.717, 1.165) is 25.0 Å². The number of amides is 1. The first-order valence-corrected chi connectivity index (χ1v) is 8.22. The molecule has 0 heterocycles. The van der Waals surface area contributed by atoms with E-state index in [2.05, 4.69) is 19.2 Å². The van der Waals surface area contributed by atoms with Crippen LogP contribution in [0.3, 0.4) is 0 Å². The molecule has 0 saturated carbocycles. The lowest BCUT2D eigenvalue weighted by Crippen LogP contribution is -2.24. The monoisotopic (exact) mass is 321 g/mol. The molecule has 0 aromatic heterocycles. The normalized spacial score (nSPS) is 10.6. The molecule has 1 aromatic rings. The molecule has 1 amide bonds. The number of carbonyl (C=O) groups excluding carboxylic acids is 1. The van der Waals surface area contributed by atoms with Gasteiger partial charge in [-0.3, -0.25) is 9.59 Å². The van der Waals surface area contributed by atoms with Crippen molar-refractivity contribution in [1.82, 2.24) is 5.32 Å². The Balaban J connectivity index is 2.24. The maximum absolute atomic E-state index is 12.0. The van der Waals surface area contributed by atoms with Crippen LogP contribution in [0, 0.1) is 5.92 Å². The number of carbonyl (C=O) groups is 2. The van der Waals surface area contributed by atoms with Crippen LogP contribution in [-0.4, -0.2) is 30.1 Å². The van der Waals surface area contributed by atoms with Gasteiger partial charge in [-0.2, -0.15) is 0 Å². The van der Waals surface area contributed by atoms with E-state index in [1.165, 1.54) is 0 Å². The summed E-state index contributed by atoms with van der Waals surface area (Å²) in [5.74, 6) is 0.494. The molecule has 0 bridgehead atoms. The molecular weight excluding hydrogens is 294 g/mol. The Labute approximate surface area is 138 Å². The zero-order valence-corrected chi connectivity index (χ0v) is 14.0. The first-order valence-electron chi connectivity index (χ1n) is 8.22. The van der Waals surface area contributed by atoms with Gasteiger partial charge >= 0.3 is 5.97 Å². The number of hydrogen-bond acceptors (Lipinski definition) is 3. The Bertz CT molecular complexity index is 482. The van der Waals surface area contributed by atoms with Crippen LogP contribution in [-0.2, 0) is 4.79 Å². The van der Waals surface area contributed by atoms with Gasteiger partial charge in [-0.1, -0.05) is 20.3 Å². The number of rotatable bonds is 11. The van der Waals surface area contributed by atoms with Gasteiger partial charge in [-0.25, -0.2) is 0 Å². The fraction of sp³-hybridized carbons (Fsp3) is 0.556. The van der Waals surface area contributed by atoms with Crippen LogP contribution in [0.2, 0.25) is 0 Å². The van der Waals surface area contributed by atoms with Crippen LogP contribution in [0.15, 0.2) is 24.3 Å². The van der Waals surface area contributed by atoms with Crippen LogP contribution in [0.25, 0.3) is 0 Å². The lowest BCUT2D eigenvalue weighted by Gasteiger charge is -2.09. The number of benzene rings is 1. The topological polar surface area (TPSA) is 75.6 Å². The third-order valence-electron chi connectivity index (χ3n) is 3.43. The van der Waals surface area contributed by atoms with Crippen LogP contribution in [0.5, 0.6) is 5.75 Å². The molecule has 1 rings (SSSR count). The van der Waals surface area contributed by atoms with Gasteiger partial charge in [0.05, 0.1) is 6.61 Å². The summed E-state index contributed by atoms with van der Waals surface area (Å²) in [6, 6.07) is 7.12. The molecule has 0 unspecified atom stereocenters. The van der Waals surface area contributed by atoms with E-state index >= 15 is 0 Å². The lowest BCUT2D eigenvalue weighted by molar-refractivity contribution is -0.137. The van der Waals surface area contributed by atoms with E-state index in [1.807, 2.05) is 12.1 Å². The molecule has 0 spiro atoms. The predicted molar refractivity (Wildman–Crippen MR) is 89.8 cm³/mol. The summed E-state index contributed by atoms with van der Waals surface area (Å²) < 4.78 is 5.62. The summed E-state index contributed by atoms with van der Waals surface area (Å²) >= 11 is 0. The number of hydrogen-bond donors (Lipinski definition) is 2. The van der Waals surface area contributed by atoms with E-state index < -0.39 is 5.97 Å². The summed E-state index contributed by atoms with van der Waals surface area (Å²) in [5, 5.41) is 11.4. The fourth-order valence-electron chi connectivity index (χ4n) is 2.00. The first kappa shape index (κ1) is 19.0. The van der Waals surface area contributed by atoms with Crippen molar-refractivity contribution in [1.29, 1.82) is 0 Å². The van der Waals surface area contributed by atoms with Gasteiger partial charge in [0.2, 0.25) is 0 Å². The fourth-order valence-corrected chi connectivity index (χ4v) is 2.00. The van der Waals surface area contributed by atoms with Crippen molar-refractivity contribution in [3.63, 3.8) is 0 Å². The Kier molecular flexibility index (Phi) is 8.80. The second-order valence-electron chi connectivity index (χ2n) is 6.02. The minimum absolute atomic E-state index is 0.114. The standard InChI is InChI=1S/C18H27NO4/c1-14(2)11-13-23-16-9-7-15(8-10-16)18(22)19-12-5-3-4-6-17(20)21/h7-10,14H,3-6,11-13H2,1-2H3,(H,19,22)(H,20,21). The first-order chi connectivity index (χ1) is 11.0. The van der Waals surface area contributed by atoms with E-state index in [-0.39, 0.29) is 12.3 Å². The van der Waals surface area contributed by atoms with Crippen molar-refractivity contribution in [2.75, 3.05) is 13.2 Å². The van der Waals surface area contributed by atoms with Crippen LogP contribution in [0.4, 0.5) is 0 Å². The Hall–Kier alpha value is -2.04. The van der Waals surface area contributed by atoms with Crippen molar-refractivity contribution >= 4 is 11.9 Å². The van der Waals surface area contributed by atoms with Gasteiger partial charge in [0.1, 0.15) is 5.75 Å². The third-order valence-corrected chi connectivity index (χ3v) is 3.43. The number of carboxylic acids is 1. The third kappa shape index (κ3) is 8.86. The van der Waals surface area contributed by atoms with Gasteiger partial charge in [0, 0.05) is 18.5 Å². The van der Waals surface area contributed by atoms with Gasteiger partial charge < -0.3 is 15.2 Å². The van der Waals surface area contributed by atoms with E-state index in [1.54, 1.807) is 12.1 Å². The Morgan fingerprint density at radius 1 is 1.13 bits per heavy atom. The molecule has 0 aliphatic rings. The lowest BCUT2D eigenvalue weighted by atomic mass is 10.1. The molecule has 0 radical (unpaired) electrons. The smallest absolute Gasteiger partial charge is 0.303 e.